The van der Waals surface area contributed by atoms with Gasteiger partial charge in [0, 0.05) is 18.7 Å². The summed E-state index contributed by atoms with van der Waals surface area (Å²) in [4.78, 5) is 12.7. The number of rotatable bonds is 8. The molecule has 0 aliphatic rings. The predicted octanol–water partition coefficient (Wildman–Crippen LogP) is 4.31. The molecular weight excluding hydrogens is 400 g/mol. The Hall–Kier alpha value is -3.58. The molecule has 3 aromatic carbocycles. The smallest absolute Gasteiger partial charge is 0.254 e. The summed E-state index contributed by atoms with van der Waals surface area (Å²) in [5, 5.41) is 10.1. The number of ether oxygens (including phenoxy) is 1. The van der Waals surface area contributed by atoms with Gasteiger partial charge in [-0.15, -0.1) is 0 Å². The van der Waals surface area contributed by atoms with Crippen molar-refractivity contribution in [2.45, 2.75) is 19.6 Å². The molecule has 1 amide bonds. The fourth-order valence-corrected chi connectivity index (χ4v) is 3.17. The molecule has 31 heavy (non-hydrogen) atoms. The lowest BCUT2D eigenvalue weighted by molar-refractivity contribution is -0.133. The van der Waals surface area contributed by atoms with Crippen LogP contribution in [0.5, 0.6) is 0 Å². The van der Waals surface area contributed by atoms with E-state index in [0.29, 0.717) is 16.7 Å². The number of benzene rings is 3. The Morgan fingerprint density at radius 2 is 1.65 bits per heavy atom. The predicted molar refractivity (Wildman–Crippen MR) is 115 cm³/mol. The summed E-state index contributed by atoms with van der Waals surface area (Å²) in [6.45, 7) is 1.88. The largest absolute Gasteiger partial charge is 0.384 e. The molecule has 7 heteroatoms. The Bertz CT molecular complexity index is 1050. The Kier molecular flexibility index (Phi) is 7.10. The van der Waals surface area contributed by atoms with Crippen LogP contribution in [0.3, 0.4) is 0 Å². The second kappa shape index (κ2) is 9.95. The zero-order valence-electron chi connectivity index (χ0n) is 17.0. The van der Waals surface area contributed by atoms with Crippen molar-refractivity contribution < 1.29 is 18.3 Å². The molecule has 1 unspecified atom stereocenters. The van der Waals surface area contributed by atoms with E-state index >= 15 is 0 Å². The fourth-order valence-electron chi connectivity index (χ4n) is 3.17. The number of amidine groups is 1. The summed E-state index contributed by atoms with van der Waals surface area (Å²) in [6, 6.07) is 18.0. The number of carbonyl (C=O) groups excluding carboxylic acids is 1. The molecule has 0 fully saturated rings. The van der Waals surface area contributed by atoms with Crippen LogP contribution < -0.4 is 11.1 Å². The van der Waals surface area contributed by atoms with Crippen molar-refractivity contribution in [3.8, 4) is 11.1 Å². The average molecular weight is 423 g/mol. The van der Waals surface area contributed by atoms with Gasteiger partial charge in [0.15, 0.2) is 6.10 Å². The highest BCUT2D eigenvalue weighted by atomic mass is 19.1. The van der Waals surface area contributed by atoms with Crippen LogP contribution >= 0.6 is 0 Å². The molecule has 0 spiro atoms. The first-order valence-electron chi connectivity index (χ1n) is 9.77. The number of amides is 1. The molecular formula is C24H23F2N3O2. The maximum absolute atomic E-state index is 14.9. The fraction of sp³-hybridized carbons (Fsp3) is 0.167. The van der Waals surface area contributed by atoms with Crippen LogP contribution in [0.2, 0.25) is 0 Å². The number of hydrogen-bond acceptors (Lipinski definition) is 3. The number of halogens is 2. The number of hydrogen-bond donors (Lipinski definition) is 3. The second-order valence-corrected chi connectivity index (χ2v) is 6.88. The Morgan fingerprint density at radius 3 is 2.19 bits per heavy atom. The topological polar surface area (TPSA) is 88.2 Å². The van der Waals surface area contributed by atoms with Crippen LogP contribution in [-0.2, 0) is 16.1 Å². The van der Waals surface area contributed by atoms with Gasteiger partial charge in [-0.05, 0) is 35.7 Å². The van der Waals surface area contributed by atoms with Crippen molar-refractivity contribution in [3.05, 3.63) is 95.1 Å². The quantitative estimate of drug-likeness (QED) is 0.373. The van der Waals surface area contributed by atoms with Crippen molar-refractivity contribution >= 4 is 11.7 Å². The standard InChI is InChI=1S/C24H23F2N3O2/c1-2-31-22(24(30)29-14-15-8-10-17(11-9-15)23(27)28)21-19(25)12-18(13-20(21)26)16-6-4-3-5-7-16/h3-13,22H,2,14H2,1H3,(H3,27,28)(H,29,30). The van der Waals surface area contributed by atoms with Crippen molar-refractivity contribution in [1.29, 1.82) is 5.41 Å². The third kappa shape index (κ3) is 5.32. The van der Waals surface area contributed by atoms with Gasteiger partial charge in [0.05, 0.1) is 5.56 Å². The van der Waals surface area contributed by atoms with Gasteiger partial charge in [0.2, 0.25) is 0 Å². The van der Waals surface area contributed by atoms with Gasteiger partial charge < -0.3 is 15.8 Å². The summed E-state index contributed by atoms with van der Waals surface area (Å²) >= 11 is 0. The van der Waals surface area contributed by atoms with E-state index in [0.717, 1.165) is 5.56 Å². The highest BCUT2D eigenvalue weighted by molar-refractivity contribution is 5.94. The van der Waals surface area contributed by atoms with Crippen LogP contribution in [0.15, 0.2) is 66.7 Å². The minimum atomic E-state index is -1.42. The van der Waals surface area contributed by atoms with Gasteiger partial charge in [0.1, 0.15) is 17.5 Å². The minimum absolute atomic E-state index is 0.0584. The summed E-state index contributed by atoms with van der Waals surface area (Å²) in [7, 11) is 0. The summed E-state index contributed by atoms with van der Waals surface area (Å²) in [5.41, 5.74) is 7.35. The number of nitrogens with two attached hydrogens (primary N) is 1. The molecule has 3 rings (SSSR count). The van der Waals surface area contributed by atoms with Crippen LogP contribution in [0.4, 0.5) is 8.78 Å². The molecule has 0 heterocycles. The first kappa shape index (κ1) is 22.1. The molecule has 0 saturated heterocycles. The maximum Gasteiger partial charge on any atom is 0.254 e. The van der Waals surface area contributed by atoms with Gasteiger partial charge in [-0.1, -0.05) is 54.6 Å². The van der Waals surface area contributed by atoms with Crippen LogP contribution in [0.25, 0.3) is 11.1 Å². The van der Waals surface area contributed by atoms with E-state index in [1.165, 1.54) is 12.1 Å². The lowest BCUT2D eigenvalue weighted by Gasteiger charge is -2.19. The van der Waals surface area contributed by atoms with Gasteiger partial charge in [-0.25, -0.2) is 8.78 Å². The summed E-state index contributed by atoms with van der Waals surface area (Å²) in [5.74, 6) is -2.41. The molecule has 4 N–H and O–H groups in total. The average Bonchev–Trinajstić information content (AvgIpc) is 2.77. The molecule has 160 valence electrons. The molecule has 0 bridgehead atoms. The summed E-state index contributed by atoms with van der Waals surface area (Å²) < 4.78 is 35.2. The molecule has 0 aliphatic carbocycles. The SMILES string of the molecule is CCOC(C(=O)NCc1ccc(C(=N)N)cc1)c1c(F)cc(-c2ccccc2)cc1F. The van der Waals surface area contributed by atoms with E-state index in [9.17, 15) is 13.6 Å². The molecule has 5 nitrogen and oxygen atoms in total. The molecule has 3 aromatic rings. The van der Waals surface area contributed by atoms with Gasteiger partial charge in [-0.2, -0.15) is 0 Å². The Morgan fingerprint density at radius 1 is 1.03 bits per heavy atom. The summed E-state index contributed by atoms with van der Waals surface area (Å²) in [6.07, 6.45) is -1.42. The minimum Gasteiger partial charge on any atom is -0.384 e. The van der Waals surface area contributed by atoms with E-state index < -0.39 is 29.2 Å². The second-order valence-electron chi connectivity index (χ2n) is 6.88. The van der Waals surface area contributed by atoms with Crippen LogP contribution in [0.1, 0.15) is 29.7 Å². The van der Waals surface area contributed by atoms with Crippen LogP contribution in [-0.4, -0.2) is 18.3 Å². The molecule has 1 atom stereocenters. The third-order valence-corrected chi connectivity index (χ3v) is 4.75. The molecule has 0 aromatic heterocycles. The number of carbonyl (C=O) groups is 1. The molecule has 0 saturated carbocycles. The van der Waals surface area contributed by atoms with Crippen molar-refractivity contribution in [2.75, 3.05) is 6.61 Å². The highest BCUT2D eigenvalue weighted by Crippen LogP contribution is 2.30. The molecule has 0 aliphatic heterocycles. The van der Waals surface area contributed by atoms with Gasteiger partial charge >= 0.3 is 0 Å². The van der Waals surface area contributed by atoms with E-state index in [-0.39, 0.29) is 19.0 Å². The van der Waals surface area contributed by atoms with Crippen LogP contribution in [0, 0.1) is 17.0 Å². The highest BCUT2D eigenvalue weighted by Gasteiger charge is 2.28. The third-order valence-electron chi connectivity index (χ3n) is 4.75. The molecule has 0 radical (unpaired) electrons. The Balaban J connectivity index is 1.80. The van der Waals surface area contributed by atoms with E-state index in [2.05, 4.69) is 5.32 Å². The number of nitrogens with one attached hydrogen (secondary N) is 2. The van der Waals surface area contributed by atoms with Gasteiger partial charge in [-0.3, -0.25) is 10.2 Å². The van der Waals surface area contributed by atoms with E-state index in [1.54, 1.807) is 55.5 Å². The van der Waals surface area contributed by atoms with Crippen molar-refractivity contribution in [3.63, 3.8) is 0 Å². The Labute approximate surface area is 179 Å². The first-order valence-corrected chi connectivity index (χ1v) is 9.77. The van der Waals surface area contributed by atoms with Crippen molar-refractivity contribution in [2.24, 2.45) is 5.73 Å². The van der Waals surface area contributed by atoms with E-state index in [4.69, 9.17) is 15.9 Å². The number of nitrogen functional groups attached to an aromatic ring is 1. The van der Waals surface area contributed by atoms with E-state index in [1.807, 2.05) is 6.07 Å². The zero-order valence-corrected chi connectivity index (χ0v) is 17.0. The zero-order chi connectivity index (χ0) is 22.4. The normalized spacial score (nSPS) is 11.7. The maximum atomic E-state index is 14.9. The lowest BCUT2D eigenvalue weighted by atomic mass is 10.00. The van der Waals surface area contributed by atoms with Gasteiger partial charge in [0.25, 0.3) is 5.91 Å². The van der Waals surface area contributed by atoms with Crippen molar-refractivity contribution in [1.82, 2.24) is 5.32 Å². The monoisotopic (exact) mass is 423 g/mol. The first-order chi connectivity index (χ1) is 14.9. The lowest BCUT2D eigenvalue weighted by Crippen LogP contribution is -2.31.